The molecule has 8 rings (SSSR count). The number of benzene rings is 2. The molecule has 6 heterocycles. The first-order valence-corrected chi connectivity index (χ1v) is 13.0. The van der Waals surface area contributed by atoms with Gasteiger partial charge in [0.15, 0.2) is 11.2 Å². The van der Waals surface area contributed by atoms with E-state index < -0.39 is 0 Å². The van der Waals surface area contributed by atoms with Gasteiger partial charge in [-0.05, 0) is 35.0 Å². The molecule has 0 spiro atoms. The number of oxazole rings is 2. The fourth-order valence-electron chi connectivity index (χ4n) is 4.14. The van der Waals surface area contributed by atoms with E-state index in [2.05, 4.69) is 29.9 Å². The van der Waals surface area contributed by atoms with Gasteiger partial charge in [-0.25, -0.2) is 39.9 Å². The quantitative estimate of drug-likeness (QED) is 0.255. The fourth-order valence-corrected chi connectivity index (χ4v) is 5.77. The molecule has 8 aromatic rings. The van der Waals surface area contributed by atoms with Crippen LogP contribution in [0.5, 0.6) is 0 Å². The van der Waals surface area contributed by atoms with Gasteiger partial charge in [0.05, 0.1) is 12.4 Å². The molecule has 0 aliphatic carbocycles. The van der Waals surface area contributed by atoms with Crippen LogP contribution < -0.4 is 0 Å². The normalized spacial score (nSPS) is 11.7. The lowest BCUT2D eigenvalue weighted by Gasteiger charge is -1.96. The number of rotatable bonds is 4. The van der Waals surface area contributed by atoms with Gasteiger partial charge in [0.25, 0.3) is 0 Å². The highest BCUT2D eigenvalue weighted by molar-refractivity contribution is 7.18. The predicted molar refractivity (Wildman–Crippen MR) is 143 cm³/mol. The van der Waals surface area contributed by atoms with Crippen molar-refractivity contribution in [1.29, 1.82) is 0 Å². The number of aromatic nitrogens is 8. The van der Waals surface area contributed by atoms with Gasteiger partial charge in [0, 0.05) is 35.9 Å². The second-order valence-electron chi connectivity index (χ2n) is 8.34. The SMILES string of the molecule is c1ncc(-c2ncc(-c3nc4cc5cc6oc(-c7cnc(-c8cncnc8)s7)nc6cc5cc4o3)s2)cn1. The fraction of sp³-hybridized carbons (Fsp3) is 0. The predicted octanol–water partition coefficient (Wildman–Crippen LogP) is 6.28. The van der Waals surface area contributed by atoms with Crippen LogP contribution in [0.15, 0.2) is 82.9 Å². The molecule has 0 bridgehead atoms. The minimum atomic E-state index is 0.518. The lowest BCUT2D eigenvalue weighted by Crippen LogP contribution is -1.79. The molecule has 10 nitrogen and oxygen atoms in total. The van der Waals surface area contributed by atoms with E-state index in [1.807, 2.05) is 24.3 Å². The summed E-state index contributed by atoms with van der Waals surface area (Å²) in [6.07, 6.45) is 13.4. The summed E-state index contributed by atoms with van der Waals surface area (Å²) in [7, 11) is 0. The molecule has 6 aromatic heterocycles. The Bertz CT molecular complexity index is 1880. The van der Waals surface area contributed by atoms with Gasteiger partial charge in [0.2, 0.25) is 11.8 Å². The monoisotopic (exact) mass is 532 g/mol. The Labute approximate surface area is 220 Å². The Balaban J connectivity index is 1.15. The summed E-state index contributed by atoms with van der Waals surface area (Å²) in [6, 6.07) is 7.93. The molecule has 180 valence electrons. The van der Waals surface area contributed by atoms with Crippen LogP contribution in [0.1, 0.15) is 0 Å². The maximum atomic E-state index is 6.11. The van der Waals surface area contributed by atoms with Crippen molar-refractivity contribution >= 4 is 55.6 Å². The number of fused-ring (bicyclic) bond motifs is 3. The van der Waals surface area contributed by atoms with Gasteiger partial charge in [-0.3, -0.25) is 0 Å². The molecule has 0 fully saturated rings. The molecular formula is C26H12N8O2S2. The lowest BCUT2D eigenvalue weighted by molar-refractivity contribution is 0.621. The van der Waals surface area contributed by atoms with Gasteiger partial charge in [-0.15, -0.1) is 22.7 Å². The van der Waals surface area contributed by atoms with E-state index in [0.29, 0.717) is 22.9 Å². The highest BCUT2D eigenvalue weighted by Crippen LogP contribution is 2.36. The molecule has 0 radical (unpaired) electrons. The molecule has 0 N–H and O–H groups in total. The Morgan fingerprint density at radius 2 is 0.974 bits per heavy atom. The van der Waals surface area contributed by atoms with Crippen LogP contribution in [0.2, 0.25) is 0 Å². The Morgan fingerprint density at radius 1 is 0.526 bits per heavy atom. The van der Waals surface area contributed by atoms with Crippen molar-refractivity contribution in [2.24, 2.45) is 0 Å². The summed E-state index contributed by atoms with van der Waals surface area (Å²) in [4.78, 5) is 36.3. The zero-order valence-electron chi connectivity index (χ0n) is 19.1. The van der Waals surface area contributed by atoms with Crippen molar-refractivity contribution < 1.29 is 8.83 Å². The van der Waals surface area contributed by atoms with E-state index in [0.717, 1.165) is 52.7 Å². The second kappa shape index (κ2) is 8.30. The third kappa shape index (κ3) is 3.54. The molecule has 0 unspecified atom stereocenters. The van der Waals surface area contributed by atoms with Gasteiger partial charge in [0.1, 0.15) is 43.5 Å². The first-order chi connectivity index (χ1) is 18.8. The van der Waals surface area contributed by atoms with Crippen LogP contribution in [0.25, 0.3) is 75.6 Å². The molecule has 0 atom stereocenters. The van der Waals surface area contributed by atoms with Crippen LogP contribution in [0, 0.1) is 0 Å². The highest BCUT2D eigenvalue weighted by atomic mass is 32.1. The van der Waals surface area contributed by atoms with E-state index in [9.17, 15) is 0 Å². The lowest BCUT2D eigenvalue weighted by atomic mass is 10.1. The van der Waals surface area contributed by atoms with Crippen molar-refractivity contribution in [3.63, 3.8) is 0 Å². The minimum Gasteiger partial charge on any atom is -0.435 e. The Kier molecular flexibility index (Phi) is 4.62. The smallest absolute Gasteiger partial charge is 0.239 e. The second-order valence-corrected chi connectivity index (χ2v) is 10.4. The van der Waals surface area contributed by atoms with Crippen molar-refractivity contribution in [1.82, 2.24) is 39.9 Å². The molecule has 0 saturated carbocycles. The first-order valence-electron chi connectivity index (χ1n) is 11.3. The van der Waals surface area contributed by atoms with E-state index in [-0.39, 0.29) is 0 Å². The largest absolute Gasteiger partial charge is 0.435 e. The number of nitrogens with zero attached hydrogens (tertiary/aromatic N) is 8. The van der Waals surface area contributed by atoms with E-state index in [1.54, 1.807) is 37.2 Å². The van der Waals surface area contributed by atoms with Crippen molar-refractivity contribution in [2.45, 2.75) is 0 Å². The molecule has 2 aromatic carbocycles. The molecule has 0 aliphatic rings. The number of thiazole rings is 2. The van der Waals surface area contributed by atoms with Gasteiger partial charge in [-0.1, -0.05) is 0 Å². The van der Waals surface area contributed by atoms with E-state index >= 15 is 0 Å². The summed E-state index contributed by atoms with van der Waals surface area (Å²) >= 11 is 2.96. The summed E-state index contributed by atoms with van der Waals surface area (Å²) in [5.74, 6) is 1.04. The molecule has 0 amide bonds. The maximum Gasteiger partial charge on any atom is 0.239 e. The number of hydrogen-bond acceptors (Lipinski definition) is 12. The number of hydrogen-bond donors (Lipinski definition) is 0. The summed E-state index contributed by atoms with van der Waals surface area (Å²) in [6.45, 7) is 0. The molecule has 12 heteroatoms. The van der Waals surface area contributed by atoms with Crippen molar-refractivity contribution in [2.75, 3.05) is 0 Å². The molecule has 38 heavy (non-hydrogen) atoms. The van der Waals surface area contributed by atoms with E-state index in [4.69, 9.17) is 18.8 Å². The van der Waals surface area contributed by atoms with Gasteiger partial charge < -0.3 is 8.83 Å². The summed E-state index contributed by atoms with van der Waals surface area (Å²) in [5, 5.41) is 3.57. The average Bonchev–Trinajstić information content (AvgIpc) is 3.76. The third-order valence-electron chi connectivity index (χ3n) is 5.90. The first kappa shape index (κ1) is 21.2. The van der Waals surface area contributed by atoms with Crippen molar-refractivity contribution in [3.05, 3.63) is 74.1 Å². The Hall–Kier alpha value is -4.94. The standard InChI is InChI=1S/C26H12N8O2S2/c1-13-3-20-18(34-24(36-20)22-10-32-26(38-22)16-7-29-12-30-8-16)2-14(13)4-19-17(1)33-23(35-19)21-9-31-25(37-21)15-5-27-11-28-6-15/h1-12H. The Morgan fingerprint density at radius 3 is 1.42 bits per heavy atom. The molecular weight excluding hydrogens is 520 g/mol. The summed E-state index contributed by atoms with van der Waals surface area (Å²) < 4.78 is 12.2. The average molecular weight is 533 g/mol. The van der Waals surface area contributed by atoms with Crippen LogP contribution >= 0.6 is 22.7 Å². The van der Waals surface area contributed by atoms with Crippen LogP contribution in [0.3, 0.4) is 0 Å². The van der Waals surface area contributed by atoms with Crippen LogP contribution in [0.4, 0.5) is 0 Å². The topological polar surface area (TPSA) is 129 Å². The van der Waals surface area contributed by atoms with E-state index in [1.165, 1.54) is 35.3 Å². The molecule has 0 saturated heterocycles. The van der Waals surface area contributed by atoms with Crippen LogP contribution in [-0.4, -0.2) is 39.9 Å². The van der Waals surface area contributed by atoms with Gasteiger partial charge in [-0.2, -0.15) is 0 Å². The highest BCUT2D eigenvalue weighted by Gasteiger charge is 2.17. The van der Waals surface area contributed by atoms with Crippen molar-refractivity contribution in [3.8, 4) is 42.7 Å². The van der Waals surface area contributed by atoms with Gasteiger partial charge >= 0.3 is 0 Å². The zero-order valence-corrected chi connectivity index (χ0v) is 20.8. The molecule has 0 aliphatic heterocycles. The van der Waals surface area contributed by atoms with Crippen LogP contribution in [-0.2, 0) is 0 Å². The third-order valence-corrected chi connectivity index (χ3v) is 7.97. The maximum absolute atomic E-state index is 6.11. The minimum absolute atomic E-state index is 0.518. The zero-order chi connectivity index (χ0) is 25.1. The summed E-state index contributed by atoms with van der Waals surface area (Å²) in [5.41, 5.74) is 4.58.